The summed E-state index contributed by atoms with van der Waals surface area (Å²) >= 11 is 0. The van der Waals surface area contributed by atoms with E-state index in [1.54, 1.807) is 16.0 Å². The summed E-state index contributed by atoms with van der Waals surface area (Å²) in [5, 5.41) is 20.4. The van der Waals surface area contributed by atoms with E-state index < -0.39 is 5.60 Å². The van der Waals surface area contributed by atoms with Gasteiger partial charge >= 0.3 is 0 Å². The van der Waals surface area contributed by atoms with E-state index in [9.17, 15) is 20.0 Å². The maximum absolute atomic E-state index is 12.9. The predicted molar refractivity (Wildman–Crippen MR) is 120 cm³/mol. The quantitative estimate of drug-likeness (QED) is 0.670. The lowest BCUT2D eigenvalue weighted by atomic mass is 9.79. The van der Waals surface area contributed by atoms with Gasteiger partial charge in [-0.3, -0.25) is 9.59 Å². The second-order valence-corrected chi connectivity index (χ2v) is 8.62. The second kappa shape index (κ2) is 7.81. The fraction of sp³-hybridized carbons (Fsp3) is 0.320. The van der Waals surface area contributed by atoms with Gasteiger partial charge in [0.2, 0.25) is 0 Å². The van der Waals surface area contributed by atoms with E-state index in [0.717, 1.165) is 28.5 Å². The van der Waals surface area contributed by atoms with Crippen molar-refractivity contribution in [3.05, 3.63) is 59.8 Å². The van der Waals surface area contributed by atoms with Crippen LogP contribution in [0.5, 0.6) is 0 Å². The predicted octanol–water partition coefficient (Wildman–Crippen LogP) is 2.91. The first-order chi connectivity index (χ1) is 15.5. The Morgan fingerprint density at radius 3 is 2.25 bits per heavy atom. The molecule has 2 amide bonds. The normalized spacial score (nSPS) is 17.6. The minimum Gasteiger partial charge on any atom is -0.380 e. The van der Waals surface area contributed by atoms with E-state index in [4.69, 9.17) is 0 Å². The third kappa shape index (κ3) is 3.43. The van der Waals surface area contributed by atoms with Crippen LogP contribution in [0.1, 0.15) is 35.2 Å². The molecule has 2 heterocycles. The number of nitriles is 1. The average Bonchev–Trinajstić information content (AvgIpc) is 3.24. The maximum atomic E-state index is 12.9. The Balaban J connectivity index is 1.26. The first kappa shape index (κ1) is 20.3. The summed E-state index contributed by atoms with van der Waals surface area (Å²) in [6.45, 7) is 1.82. The lowest BCUT2D eigenvalue weighted by Gasteiger charge is -2.42. The Morgan fingerprint density at radius 2 is 1.62 bits per heavy atom. The van der Waals surface area contributed by atoms with Gasteiger partial charge in [0.05, 0.1) is 5.56 Å². The molecule has 0 atom stereocenters. The van der Waals surface area contributed by atoms with E-state index >= 15 is 0 Å². The van der Waals surface area contributed by atoms with Crippen molar-refractivity contribution in [2.75, 3.05) is 26.2 Å². The number of carbonyl (C=O) groups is 2. The molecule has 2 N–H and O–H groups in total. The van der Waals surface area contributed by atoms with Gasteiger partial charge in [0.15, 0.2) is 0 Å². The number of fused-ring (bicyclic) bond motifs is 1. The number of hydrogen-bond donors (Lipinski definition) is 2. The van der Waals surface area contributed by atoms with Gasteiger partial charge < -0.3 is 19.9 Å². The highest BCUT2D eigenvalue weighted by molar-refractivity contribution is 5.95. The van der Waals surface area contributed by atoms with Crippen molar-refractivity contribution in [3.63, 3.8) is 0 Å². The smallest absolute Gasteiger partial charge is 0.254 e. The molecule has 0 radical (unpaired) electrons. The highest BCUT2D eigenvalue weighted by Gasteiger charge is 2.45. The van der Waals surface area contributed by atoms with Crippen LogP contribution in [-0.4, -0.2) is 63.5 Å². The van der Waals surface area contributed by atoms with Gasteiger partial charge in [0.25, 0.3) is 11.8 Å². The zero-order chi connectivity index (χ0) is 22.3. The van der Waals surface area contributed by atoms with Gasteiger partial charge in [-0.25, -0.2) is 0 Å². The van der Waals surface area contributed by atoms with Crippen molar-refractivity contribution >= 4 is 22.7 Å². The van der Waals surface area contributed by atoms with Crippen LogP contribution in [0, 0.1) is 11.3 Å². The highest BCUT2D eigenvalue weighted by atomic mass is 16.3. The number of aromatic amines is 1. The molecule has 0 unspecified atom stereocenters. The number of nitrogens with one attached hydrogen (secondary N) is 1. The van der Waals surface area contributed by atoms with Crippen LogP contribution in [0.15, 0.2) is 48.7 Å². The molecule has 2 aliphatic rings. The molecule has 7 nitrogen and oxygen atoms in total. The lowest BCUT2D eigenvalue weighted by molar-refractivity contribution is -0.161. The highest BCUT2D eigenvalue weighted by Crippen LogP contribution is 2.33. The van der Waals surface area contributed by atoms with Crippen molar-refractivity contribution < 1.29 is 14.7 Å². The summed E-state index contributed by atoms with van der Waals surface area (Å²) in [5.74, 6) is -0.252. The zero-order valence-electron chi connectivity index (χ0n) is 17.7. The Bertz CT molecular complexity index is 1230. The number of hydrogen-bond acceptors (Lipinski definition) is 4. The standard InChI is InChI=1S/C25H24N4O3/c26-15-20-16-27-22-7-6-19(14-21(20)22)17-2-4-18(5-3-17)23(30)28-10-12-29(13-11-28)24(31)25(32)8-1-9-25/h2-7,14,16,27,32H,1,8-13H2. The van der Waals surface area contributed by atoms with Crippen LogP contribution in [0.2, 0.25) is 0 Å². The summed E-state index contributed by atoms with van der Waals surface area (Å²) in [6.07, 6.45) is 3.66. The largest absolute Gasteiger partial charge is 0.380 e. The van der Waals surface area contributed by atoms with Gasteiger partial charge in [-0.1, -0.05) is 18.2 Å². The summed E-state index contributed by atoms with van der Waals surface area (Å²) < 4.78 is 0. The minimum absolute atomic E-state index is 0.0566. The van der Waals surface area contributed by atoms with Crippen LogP contribution >= 0.6 is 0 Å². The first-order valence-electron chi connectivity index (χ1n) is 10.9. The van der Waals surface area contributed by atoms with Crippen molar-refractivity contribution in [2.24, 2.45) is 0 Å². The number of amides is 2. The number of rotatable bonds is 3. The third-order valence-corrected chi connectivity index (χ3v) is 6.70. The van der Waals surface area contributed by atoms with Gasteiger partial charge in [-0.15, -0.1) is 0 Å². The molecule has 2 aromatic carbocycles. The minimum atomic E-state index is -1.18. The molecule has 0 bridgehead atoms. The Kier molecular flexibility index (Phi) is 4.95. The number of piperazine rings is 1. The molecule has 1 aliphatic carbocycles. The molecule has 162 valence electrons. The van der Waals surface area contributed by atoms with Crippen molar-refractivity contribution in [1.82, 2.24) is 14.8 Å². The first-order valence-corrected chi connectivity index (χ1v) is 10.9. The van der Waals surface area contributed by atoms with Gasteiger partial charge in [-0.05, 0) is 54.7 Å². The molecule has 2 fully saturated rings. The van der Waals surface area contributed by atoms with Gasteiger partial charge in [-0.2, -0.15) is 5.26 Å². The van der Waals surface area contributed by atoms with Crippen molar-refractivity contribution in [2.45, 2.75) is 24.9 Å². The number of carbonyl (C=O) groups excluding carboxylic acids is 2. The van der Waals surface area contributed by atoms with E-state index in [1.807, 2.05) is 42.5 Å². The zero-order valence-corrected chi connectivity index (χ0v) is 17.7. The van der Waals surface area contributed by atoms with Crippen LogP contribution in [0.3, 0.4) is 0 Å². The molecule has 5 rings (SSSR count). The lowest BCUT2D eigenvalue weighted by Crippen LogP contribution is -2.58. The summed E-state index contributed by atoms with van der Waals surface area (Å²) in [7, 11) is 0. The molecule has 1 aromatic heterocycles. The molecule has 7 heteroatoms. The molecular weight excluding hydrogens is 404 g/mol. The topological polar surface area (TPSA) is 100 Å². The molecule has 0 spiro atoms. The van der Waals surface area contributed by atoms with Crippen LogP contribution in [-0.2, 0) is 4.79 Å². The van der Waals surface area contributed by atoms with Gasteiger partial charge in [0, 0.05) is 48.8 Å². The number of nitrogens with zero attached hydrogens (tertiary/aromatic N) is 3. The van der Waals surface area contributed by atoms with Crippen LogP contribution in [0.25, 0.3) is 22.0 Å². The molecule has 1 aliphatic heterocycles. The second-order valence-electron chi connectivity index (χ2n) is 8.62. The number of aromatic nitrogens is 1. The Morgan fingerprint density at radius 1 is 0.969 bits per heavy atom. The Hall–Kier alpha value is -3.63. The molecular formula is C25H24N4O3. The number of aliphatic hydroxyl groups is 1. The molecule has 1 saturated heterocycles. The Labute approximate surface area is 185 Å². The van der Waals surface area contributed by atoms with E-state index in [1.165, 1.54) is 0 Å². The fourth-order valence-corrected chi connectivity index (χ4v) is 4.51. The summed E-state index contributed by atoms with van der Waals surface area (Å²) in [4.78, 5) is 32.0. The molecule has 3 aromatic rings. The van der Waals surface area contributed by atoms with Crippen LogP contribution in [0.4, 0.5) is 0 Å². The van der Waals surface area contributed by atoms with Crippen molar-refractivity contribution in [1.29, 1.82) is 5.26 Å². The summed E-state index contributed by atoms with van der Waals surface area (Å²) in [6, 6.07) is 15.6. The van der Waals surface area contributed by atoms with E-state index in [2.05, 4.69) is 11.1 Å². The number of benzene rings is 2. The van der Waals surface area contributed by atoms with E-state index in [0.29, 0.717) is 50.1 Å². The fourth-order valence-electron chi connectivity index (χ4n) is 4.51. The third-order valence-electron chi connectivity index (χ3n) is 6.70. The van der Waals surface area contributed by atoms with Crippen LogP contribution < -0.4 is 0 Å². The monoisotopic (exact) mass is 428 g/mol. The van der Waals surface area contributed by atoms with Gasteiger partial charge in [0.1, 0.15) is 11.7 Å². The average molecular weight is 428 g/mol. The van der Waals surface area contributed by atoms with E-state index in [-0.39, 0.29) is 11.8 Å². The molecule has 1 saturated carbocycles. The van der Waals surface area contributed by atoms with Crippen molar-refractivity contribution in [3.8, 4) is 17.2 Å². The summed E-state index contributed by atoms with van der Waals surface area (Å²) in [5.41, 5.74) is 2.90. The number of H-pyrrole nitrogens is 1. The maximum Gasteiger partial charge on any atom is 0.254 e. The SMILES string of the molecule is N#Cc1c[nH]c2ccc(-c3ccc(C(=O)N4CCN(C(=O)C5(O)CCC5)CC4)cc3)cc12. The molecule has 32 heavy (non-hydrogen) atoms.